The van der Waals surface area contributed by atoms with Gasteiger partial charge in [0.25, 0.3) is 0 Å². The number of aromatic amines is 2. The standard InChI is InChI=1S/C12H15N5O2S/c18-10(7-9-14-12(19)16-15-9)17-5-2-1-3-8(17)11-13-4-6-20-11/h4,6,8H,1-3,5,7H2,(H2,14,15,16,19)/t8-/m1/s1. The first kappa shape index (κ1) is 13.0. The lowest BCUT2D eigenvalue weighted by Crippen LogP contribution is -2.39. The number of hydrogen-bond donors (Lipinski definition) is 2. The van der Waals surface area contributed by atoms with Crippen LogP contribution < -0.4 is 5.69 Å². The minimum Gasteiger partial charge on any atom is -0.333 e. The smallest absolute Gasteiger partial charge is 0.333 e. The molecule has 1 aliphatic rings. The fourth-order valence-corrected chi connectivity index (χ4v) is 3.30. The van der Waals surface area contributed by atoms with E-state index in [4.69, 9.17) is 0 Å². The number of H-pyrrole nitrogens is 2. The van der Waals surface area contributed by atoms with E-state index in [1.54, 1.807) is 17.5 Å². The number of nitrogens with zero attached hydrogens (tertiary/aromatic N) is 3. The Hall–Kier alpha value is -1.96. The summed E-state index contributed by atoms with van der Waals surface area (Å²) in [4.78, 5) is 32.1. The lowest BCUT2D eigenvalue weighted by Gasteiger charge is -2.34. The molecule has 20 heavy (non-hydrogen) atoms. The third-order valence-corrected chi connectivity index (χ3v) is 4.31. The molecule has 0 saturated carbocycles. The Morgan fingerprint density at radius 2 is 2.40 bits per heavy atom. The topological polar surface area (TPSA) is 94.7 Å². The van der Waals surface area contributed by atoms with Crippen LogP contribution in [0.1, 0.15) is 36.1 Å². The van der Waals surface area contributed by atoms with Gasteiger partial charge in [-0.15, -0.1) is 11.3 Å². The summed E-state index contributed by atoms with van der Waals surface area (Å²) in [6.07, 6.45) is 4.93. The van der Waals surface area contributed by atoms with Crippen LogP contribution in [0.2, 0.25) is 0 Å². The second-order valence-corrected chi connectivity index (χ2v) is 5.70. The van der Waals surface area contributed by atoms with E-state index in [2.05, 4.69) is 20.2 Å². The molecule has 2 aromatic rings. The van der Waals surface area contributed by atoms with Crippen LogP contribution >= 0.6 is 11.3 Å². The van der Waals surface area contributed by atoms with Gasteiger partial charge in [0.2, 0.25) is 5.91 Å². The molecule has 7 nitrogen and oxygen atoms in total. The van der Waals surface area contributed by atoms with Crippen molar-refractivity contribution in [2.75, 3.05) is 6.54 Å². The predicted molar refractivity (Wildman–Crippen MR) is 73.3 cm³/mol. The summed E-state index contributed by atoms with van der Waals surface area (Å²) < 4.78 is 0. The van der Waals surface area contributed by atoms with Crippen LogP contribution in [0, 0.1) is 0 Å². The summed E-state index contributed by atoms with van der Waals surface area (Å²) in [7, 11) is 0. The number of likely N-dealkylation sites (tertiary alicyclic amines) is 1. The molecule has 0 radical (unpaired) electrons. The minimum absolute atomic E-state index is 0.0207. The van der Waals surface area contributed by atoms with E-state index in [-0.39, 0.29) is 24.1 Å². The molecular weight excluding hydrogens is 278 g/mol. The first-order valence-electron chi connectivity index (χ1n) is 6.56. The number of carbonyl (C=O) groups excluding carboxylic acids is 1. The highest BCUT2D eigenvalue weighted by atomic mass is 32.1. The monoisotopic (exact) mass is 293 g/mol. The molecule has 1 aliphatic heterocycles. The van der Waals surface area contributed by atoms with Gasteiger partial charge in [-0.25, -0.2) is 14.9 Å². The van der Waals surface area contributed by atoms with Gasteiger partial charge < -0.3 is 4.90 Å². The first-order chi connectivity index (χ1) is 9.74. The molecule has 0 unspecified atom stereocenters. The Morgan fingerprint density at radius 1 is 1.50 bits per heavy atom. The maximum Gasteiger partial charge on any atom is 0.340 e. The zero-order valence-electron chi connectivity index (χ0n) is 10.8. The van der Waals surface area contributed by atoms with Crippen molar-refractivity contribution in [1.29, 1.82) is 0 Å². The van der Waals surface area contributed by atoms with Crippen molar-refractivity contribution in [2.45, 2.75) is 31.7 Å². The molecule has 1 atom stereocenters. The third-order valence-electron chi connectivity index (χ3n) is 3.43. The van der Waals surface area contributed by atoms with Crippen LogP contribution in [0.3, 0.4) is 0 Å². The Morgan fingerprint density at radius 3 is 3.10 bits per heavy atom. The van der Waals surface area contributed by atoms with Crippen molar-refractivity contribution in [1.82, 2.24) is 25.1 Å². The van der Waals surface area contributed by atoms with E-state index in [0.29, 0.717) is 5.82 Å². The number of hydrogen-bond acceptors (Lipinski definition) is 5. The molecule has 0 aliphatic carbocycles. The fraction of sp³-hybridized carbons (Fsp3) is 0.500. The first-order valence-corrected chi connectivity index (χ1v) is 7.44. The van der Waals surface area contributed by atoms with E-state index >= 15 is 0 Å². The van der Waals surface area contributed by atoms with Gasteiger partial charge in [0.15, 0.2) is 0 Å². The van der Waals surface area contributed by atoms with Crippen LogP contribution in [-0.4, -0.2) is 37.5 Å². The lowest BCUT2D eigenvalue weighted by atomic mass is 10.0. The highest BCUT2D eigenvalue weighted by Gasteiger charge is 2.29. The summed E-state index contributed by atoms with van der Waals surface area (Å²) >= 11 is 1.58. The Balaban J connectivity index is 1.76. The van der Waals surface area contributed by atoms with Gasteiger partial charge in [-0.05, 0) is 19.3 Å². The molecule has 106 valence electrons. The van der Waals surface area contributed by atoms with Gasteiger partial charge in [0, 0.05) is 18.1 Å². The molecule has 0 bridgehead atoms. The molecule has 3 heterocycles. The van der Waals surface area contributed by atoms with Gasteiger partial charge in [-0.3, -0.25) is 9.78 Å². The molecule has 1 amide bonds. The molecule has 8 heteroatoms. The van der Waals surface area contributed by atoms with Crippen molar-refractivity contribution in [2.24, 2.45) is 0 Å². The number of nitrogens with one attached hydrogen (secondary N) is 2. The number of thiazole rings is 1. The summed E-state index contributed by atoms with van der Waals surface area (Å²) in [5, 5.41) is 8.97. The fourth-order valence-electron chi connectivity index (χ4n) is 2.52. The average molecular weight is 293 g/mol. The number of carbonyl (C=O) groups is 1. The van der Waals surface area contributed by atoms with Gasteiger partial charge >= 0.3 is 5.69 Å². The summed E-state index contributed by atoms with van der Waals surface area (Å²) in [5.74, 6) is 0.358. The average Bonchev–Trinajstić information content (AvgIpc) is 3.10. The van der Waals surface area contributed by atoms with Crippen LogP contribution in [0.5, 0.6) is 0 Å². The zero-order chi connectivity index (χ0) is 13.9. The number of aromatic nitrogens is 4. The molecular formula is C12H15N5O2S. The molecule has 2 aromatic heterocycles. The van der Waals surface area contributed by atoms with Crippen molar-refractivity contribution in [3.05, 3.63) is 32.9 Å². The second-order valence-electron chi connectivity index (χ2n) is 4.77. The molecule has 1 fully saturated rings. The van der Waals surface area contributed by atoms with E-state index in [0.717, 1.165) is 30.8 Å². The number of amides is 1. The van der Waals surface area contributed by atoms with Crippen LogP contribution in [0.15, 0.2) is 16.4 Å². The summed E-state index contributed by atoms with van der Waals surface area (Å²) in [5.41, 5.74) is -0.386. The molecule has 1 saturated heterocycles. The second kappa shape index (κ2) is 5.58. The largest absolute Gasteiger partial charge is 0.340 e. The quantitative estimate of drug-likeness (QED) is 0.877. The van der Waals surface area contributed by atoms with E-state index in [9.17, 15) is 9.59 Å². The van der Waals surface area contributed by atoms with Crippen LogP contribution in [0.4, 0.5) is 0 Å². The van der Waals surface area contributed by atoms with Gasteiger partial charge in [-0.2, -0.15) is 5.10 Å². The van der Waals surface area contributed by atoms with Crippen LogP contribution in [-0.2, 0) is 11.2 Å². The normalized spacial score (nSPS) is 19.2. The minimum atomic E-state index is -0.386. The maximum atomic E-state index is 12.4. The van der Waals surface area contributed by atoms with Crippen molar-refractivity contribution in [3.63, 3.8) is 0 Å². The van der Waals surface area contributed by atoms with Gasteiger partial charge in [0.1, 0.15) is 10.8 Å². The van der Waals surface area contributed by atoms with Gasteiger partial charge in [-0.1, -0.05) is 0 Å². The Labute approximate surface area is 119 Å². The van der Waals surface area contributed by atoms with Crippen LogP contribution in [0.25, 0.3) is 0 Å². The summed E-state index contributed by atoms with van der Waals surface area (Å²) in [6.45, 7) is 0.734. The predicted octanol–water partition coefficient (Wildman–Crippen LogP) is 0.851. The third kappa shape index (κ3) is 2.64. The van der Waals surface area contributed by atoms with Crippen molar-refractivity contribution >= 4 is 17.2 Å². The highest BCUT2D eigenvalue weighted by molar-refractivity contribution is 7.09. The SMILES string of the molecule is O=C(Cc1n[nH]c(=O)[nH]1)N1CCCC[C@@H]1c1nccs1. The van der Waals surface area contributed by atoms with Gasteiger partial charge in [0.05, 0.1) is 12.5 Å². The molecule has 3 rings (SSSR count). The van der Waals surface area contributed by atoms with E-state index in [1.807, 2.05) is 10.3 Å². The molecule has 0 aromatic carbocycles. The Kier molecular flexibility index (Phi) is 3.64. The number of piperidine rings is 1. The molecule has 0 spiro atoms. The van der Waals surface area contributed by atoms with E-state index < -0.39 is 0 Å². The molecule has 2 N–H and O–H groups in total. The zero-order valence-corrected chi connectivity index (χ0v) is 11.7. The highest BCUT2D eigenvalue weighted by Crippen LogP contribution is 2.32. The lowest BCUT2D eigenvalue weighted by molar-refractivity contribution is -0.134. The van der Waals surface area contributed by atoms with E-state index in [1.165, 1.54) is 0 Å². The maximum absolute atomic E-state index is 12.4. The Bertz CT molecular complexity index is 632. The van der Waals surface area contributed by atoms with Crippen molar-refractivity contribution in [3.8, 4) is 0 Å². The number of rotatable bonds is 3. The summed E-state index contributed by atoms with van der Waals surface area (Å²) in [6, 6.07) is 0.0573. The van der Waals surface area contributed by atoms with Crippen molar-refractivity contribution < 1.29 is 4.79 Å².